The van der Waals surface area contributed by atoms with Gasteiger partial charge in [0.25, 0.3) is 5.71 Å². The van der Waals surface area contributed by atoms with Crippen molar-refractivity contribution in [1.82, 2.24) is 19.5 Å². The van der Waals surface area contributed by atoms with Gasteiger partial charge in [-0.05, 0) is 24.3 Å². The molecule has 6 nitrogen and oxygen atoms in total. The molecular weight excluding hydrogens is 256 g/mol. The normalized spacial score (nSPS) is 11.2. The molecular formula is C14H8N4O2. The number of hydrogen-bond donors (Lipinski definition) is 0. The summed E-state index contributed by atoms with van der Waals surface area (Å²) in [7, 11) is 0. The van der Waals surface area contributed by atoms with Crippen LogP contribution in [0, 0.1) is 0 Å². The molecule has 96 valence electrons. The molecule has 0 N–H and O–H groups in total. The first-order valence-electron chi connectivity index (χ1n) is 6.01. The fraction of sp³-hybridized carbons (Fsp3) is 0. The van der Waals surface area contributed by atoms with Gasteiger partial charge in [0.15, 0.2) is 0 Å². The van der Waals surface area contributed by atoms with E-state index in [1.165, 1.54) is 17.0 Å². The van der Waals surface area contributed by atoms with E-state index in [9.17, 15) is 4.79 Å². The lowest BCUT2D eigenvalue weighted by Crippen LogP contribution is -2.12. The van der Waals surface area contributed by atoms with Crippen molar-refractivity contribution in [2.24, 2.45) is 0 Å². The second-order valence-corrected chi connectivity index (χ2v) is 4.24. The van der Waals surface area contributed by atoms with E-state index in [-0.39, 0.29) is 5.71 Å². The van der Waals surface area contributed by atoms with E-state index in [1.54, 1.807) is 6.20 Å². The lowest BCUT2D eigenvalue weighted by atomic mass is 10.2. The summed E-state index contributed by atoms with van der Waals surface area (Å²) in [5.41, 5.74) is 2.10. The van der Waals surface area contributed by atoms with Gasteiger partial charge < -0.3 is 4.42 Å². The van der Waals surface area contributed by atoms with Crippen molar-refractivity contribution in [2.75, 3.05) is 0 Å². The van der Waals surface area contributed by atoms with Gasteiger partial charge in [-0.3, -0.25) is 4.98 Å². The smallest absolute Gasteiger partial charge is 0.386 e. The third-order valence-electron chi connectivity index (χ3n) is 3.09. The molecule has 0 saturated heterocycles. The van der Waals surface area contributed by atoms with Crippen LogP contribution in [0.3, 0.4) is 0 Å². The van der Waals surface area contributed by atoms with Gasteiger partial charge in [-0.2, -0.15) is 0 Å². The van der Waals surface area contributed by atoms with Gasteiger partial charge in [0, 0.05) is 24.0 Å². The molecule has 0 aliphatic carbocycles. The first-order valence-corrected chi connectivity index (χ1v) is 6.01. The zero-order valence-electron chi connectivity index (χ0n) is 10.2. The van der Waals surface area contributed by atoms with Crippen LogP contribution in [0.25, 0.3) is 28.0 Å². The molecule has 6 heteroatoms. The number of aromatic nitrogens is 4. The molecule has 0 saturated carbocycles. The molecule has 0 atom stereocenters. The van der Waals surface area contributed by atoms with Crippen LogP contribution in [0.4, 0.5) is 0 Å². The predicted octanol–water partition coefficient (Wildman–Crippen LogP) is 1.92. The molecule has 0 unspecified atom stereocenters. The molecule has 0 aliphatic heterocycles. The molecule has 0 spiro atoms. The van der Waals surface area contributed by atoms with Crippen LogP contribution in [0.15, 0.2) is 58.1 Å². The van der Waals surface area contributed by atoms with E-state index in [4.69, 9.17) is 4.42 Å². The number of rotatable bonds is 1. The topological polar surface area (TPSA) is 73.8 Å². The molecule has 0 amide bonds. The summed E-state index contributed by atoms with van der Waals surface area (Å²) in [6.45, 7) is 0. The van der Waals surface area contributed by atoms with Crippen molar-refractivity contribution in [2.45, 2.75) is 0 Å². The Morgan fingerprint density at radius 2 is 1.85 bits per heavy atom. The van der Waals surface area contributed by atoms with Gasteiger partial charge in [0.05, 0.1) is 11.2 Å². The van der Waals surface area contributed by atoms with Crippen LogP contribution in [-0.4, -0.2) is 19.5 Å². The Balaban J connectivity index is 2.17. The molecule has 4 aromatic rings. The minimum atomic E-state index is -0.512. The van der Waals surface area contributed by atoms with Crippen LogP contribution in [0.2, 0.25) is 0 Å². The minimum absolute atomic E-state index is 0.221. The first kappa shape index (κ1) is 10.9. The van der Waals surface area contributed by atoms with E-state index in [0.29, 0.717) is 11.3 Å². The molecule has 3 aromatic heterocycles. The Labute approximate surface area is 112 Å². The average Bonchev–Trinajstić information content (AvgIpc) is 2.82. The van der Waals surface area contributed by atoms with Crippen molar-refractivity contribution in [3.05, 3.63) is 59.5 Å². The summed E-state index contributed by atoms with van der Waals surface area (Å²) in [6.07, 6.45) is 4.72. The number of benzene rings is 1. The summed E-state index contributed by atoms with van der Waals surface area (Å²) in [5.74, 6) is -0.512. The highest BCUT2D eigenvalue weighted by atomic mass is 16.4. The SMILES string of the molecule is O=c1oc2nccnc2n1-c1cccc2ncccc12. The molecule has 0 fully saturated rings. The lowest BCUT2D eigenvalue weighted by Gasteiger charge is -2.05. The van der Waals surface area contributed by atoms with Crippen LogP contribution < -0.4 is 5.76 Å². The van der Waals surface area contributed by atoms with E-state index < -0.39 is 5.76 Å². The zero-order valence-corrected chi connectivity index (χ0v) is 10.2. The van der Waals surface area contributed by atoms with Crippen molar-refractivity contribution >= 4 is 22.3 Å². The van der Waals surface area contributed by atoms with Crippen LogP contribution in [0.1, 0.15) is 0 Å². The van der Waals surface area contributed by atoms with E-state index >= 15 is 0 Å². The van der Waals surface area contributed by atoms with Gasteiger partial charge >= 0.3 is 5.76 Å². The summed E-state index contributed by atoms with van der Waals surface area (Å²) in [6, 6.07) is 9.28. The Hall–Kier alpha value is -3.02. The highest BCUT2D eigenvalue weighted by molar-refractivity contribution is 5.88. The number of pyridine rings is 1. The van der Waals surface area contributed by atoms with Crippen LogP contribution >= 0.6 is 0 Å². The number of oxazole rings is 1. The average molecular weight is 264 g/mol. The number of hydrogen-bond acceptors (Lipinski definition) is 5. The minimum Gasteiger partial charge on any atom is -0.386 e. The van der Waals surface area contributed by atoms with Crippen molar-refractivity contribution in [1.29, 1.82) is 0 Å². The van der Waals surface area contributed by atoms with Gasteiger partial charge in [0.1, 0.15) is 0 Å². The third-order valence-corrected chi connectivity index (χ3v) is 3.09. The standard InChI is InChI=1S/C14H8N4O2/c19-14-18(12-13(20-14)17-8-7-16-12)11-5-1-4-10-9(11)3-2-6-15-10/h1-8H. The van der Waals surface area contributed by atoms with Crippen molar-refractivity contribution in [3.8, 4) is 5.69 Å². The van der Waals surface area contributed by atoms with Crippen molar-refractivity contribution < 1.29 is 4.42 Å². The zero-order chi connectivity index (χ0) is 13.5. The summed E-state index contributed by atoms with van der Waals surface area (Å²) in [4.78, 5) is 24.5. The molecule has 0 bridgehead atoms. The van der Waals surface area contributed by atoms with Crippen molar-refractivity contribution in [3.63, 3.8) is 0 Å². The summed E-state index contributed by atoms with van der Waals surface area (Å²) >= 11 is 0. The molecule has 0 radical (unpaired) electrons. The monoisotopic (exact) mass is 264 g/mol. The highest BCUT2D eigenvalue weighted by Gasteiger charge is 2.14. The third kappa shape index (κ3) is 1.45. The maximum Gasteiger partial charge on any atom is 0.427 e. The fourth-order valence-corrected chi connectivity index (χ4v) is 2.25. The summed E-state index contributed by atoms with van der Waals surface area (Å²) in [5, 5.41) is 0.852. The number of nitrogens with zero attached hydrogens (tertiary/aromatic N) is 4. The second kappa shape index (κ2) is 3.99. The predicted molar refractivity (Wildman–Crippen MR) is 72.7 cm³/mol. The highest BCUT2D eigenvalue weighted by Crippen LogP contribution is 2.21. The van der Waals surface area contributed by atoms with Gasteiger partial charge in [0.2, 0.25) is 5.65 Å². The maximum absolute atomic E-state index is 12.1. The molecule has 20 heavy (non-hydrogen) atoms. The van der Waals surface area contributed by atoms with Crippen LogP contribution in [-0.2, 0) is 0 Å². The largest absolute Gasteiger partial charge is 0.427 e. The maximum atomic E-state index is 12.1. The molecule has 1 aromatic carbocycles. The van der Waals surface area contributed by atoms with E-state index in [2.05, 4.69) is 15.0 Å². The Morgan fingerprint density at radius 3 is 2.80 bits per heavy atom. The lowest BCUT2D eigenvalue weighted by molar-refractivity contribution is 0.532. The molecule has 0 aliphatic rings. The van der Waals surface area contributed by atoms with E-state index in [1.807, 2.05) is 30.3 Å². The van der Waals surface area contributed by atoms with Crippen LogP contribution in [0.5, 0.6) is 0 Å². The fourth-order valence-electron chi connectivity index (χ4n) is 2.25. The quantitative estimate of drug-likeness (QED) is 0.525. The second-order valence-electron chi connectivity index (χ2n) is 4.24. The van der Waals surface area contributed by atoms with Gasteiger partial charge in [-0.1, -0.05) is 6.07 Å². The van der Waals surface area contributed by atoms with Gasteiger partial charge in [-0.25, -0.2) is 19.3 Å². The molecule has 3 heterocycles. The summed E-state index contributed by atoms with van der Waals surface area (Å²) < 4.78 is 6.52. The first-order chi connectivity index (χ1) is 9.84. The van der Waals surface area contributed by atoms with E-state index in [0.717, 1.165) is 10.9 Å². The Bertz CT molecular complexity index is 982. The Kier molecular flexibility index (Phi) is 2.17. The number of fused-ring (bicyclic) bond motifs is 2. The molecule has 4 rings (SSSR count). The Morgan fingerprint density at radius 1 is 0.950 bits per heavy atom. The van der Waals surface area contributed by atoms with Gasteiger partial charge in [-0.15, -0.1) is 0 Å².